The third-order valence-electron chi connectivity index (χ3n) is 4.74. The SMILES string of the molecule is O=C(NCCCc1ccccc1)C(=O)Nc1ccc(N2CCCCS2(=O)=O)cc1. The number of nitrogens with zero attached hydrogens (tertiary/aromatic N) is 1. The summed E-state index contributed by atoms with van der Waals surface area (Å²) in [6.07, 6.45) is 3.06. The molecule has 0 spiro atoms. The minimum absolute atomic E-state index is 0.149. The second-order valence-electron chi connectivity index (χ2n) is 6.94. The molecule has 2 aromatic carbocycles. The maximum atomic E-state index is 12.2. The van der Waals surface area contributed by atoms with E-state index in [9.17, 15) is 18.0 Å². The molecule has 29 heavy (non-hydrogen) atoms. The number of nitrogens with one attached hydrogen (secondary N) is 2. The van der Waals surface area contributed by atoms with Crippen molar-refractivity contribution in [1.29, 1.82) is 0 Å². The van der Waals surface area contributed by atoms with Crippen molar-refractivity contribution in [2.75, 3.05) is 28.5 Å². The molecule has 8 heteroatoms. The van der Waals surface area contributed by atoms with Gasteiger partial charge in [0.1, 0.15) is 0 Å². The van der Waals surface area contributed by atoms with Gasteiger partial charge in [-0.05, 0) is 55.5 Å². The van der Waals surface area contributed by atoms with E-state index in [0.717, 1.165) is 19.3 Å². The topological polar surface area (TPSA) is 95.6 Å². The molecule has 0 atom stereocenters. The first-order valence-electron chi connectivity index (χ1n) is 9.69. The van der Waals surface area contributed by atoms with Gasteiger partial charge < -0.3 is 10.6 Å². The van der Waals surface area contributed by atoms with Gasteiger partial charge >= 0.3 is 11.8 Å². The van der Waals surface area contributed by atoms with Crippen LogP contribution in [0.15, 0.2) is 54.6 Å². The van der Waals surface area contributed by atoms with Gasteiger partial charge in [0, 0.05) is 18.8 Å². The van der Waals surface area contributed by atoms with Gasteiger partial charge in [-0.2, -0.15) is 0 Å². The molecule has 2 N–H and O–H groups in total. The number of sulfonamides is 1. The molecule has 0 aliphatic carbocycles. The molecule has 1 saturated heterocycles. The van der Waals surface area contributed by atoms with Crippen LogP contribution in [0, 0.1) is 0 Å². The summed E-state index contributed by atoms with van der Waals surface area (Å²) in [4.78, 5) is 24.0. The fourth-order valence-corrected chi connectivity index (χ4v) is 4.84. The Morgan fingerprint density at radius 1 is 0.931 bits per heavy atom. The van der Waals surface area contributed by atoms with E-state index < -0.39 is 21.8 Å². The summed E-state index contributed by atoms with van der Waals surface area (Å²) in [6.45, 7) is 0.867. The average molecular weight is 416 g/mol. The highest BCUT2D eigenvalue weighted by molar-refractivity contribution is 7.92. The van der Waals surface area contributed by atoms with Crippen molar-refractivity contribution in [2.45, 2.75) is 25.7 Å². The lowest BCUT2D eigenvalue weighted by atomic mass is 10.1. The van der Waals surface area contributed by atoms with E-state index in [2.05, 4.69) is 10.6 Å². The standard InChI is InChI=1S/C21H25N3O4S/c25-20(22-14-6-9-17-7-2-1-3-8-17)21(26)23-18-10-12-19(13-11-18)24-15-4-5-16-29(24,27)28/h1-3,7-8,10-13H,4-6,9,14-16H2,(H,22,25)(H,23,26). The number of amides is 2. The van der Waals surface area contributed by atoms with Gasteiger partial charge in [-0.25, -0.2) is 8.42 Å². The molecule has 0 radical (unpaired) electrons. The Morgan fingerprint density at radius 2 is 1.66 bits per heavy atom. The first-order valence-corrected chi connectivity index (χ1v) is 11.3. The molecule has 0 aromatic heterocycles. The Hall–Kier alpha value is -2.87. The van der Waals surface area contributed by atoms with Crippen LogP contribution in [0.1, 0.15) is 24.8 Å². The van der Waals surface area contributed by atoms with Gasteiger partial charge in [-0.15, -0.1) is 0 Å². The number of rotatable bonds is 6. The number of anilines is 2. The smallest absolute Gasteiger partial charge is 0.313 e. The van der Waals surface area contributed by atoms with E-state index in [4.69, 9.17) is 0 Å². The lowest BCUT2D eigenvalue weighted by Crippen LogP contribution is -2.37. The summed E-state index contributed by atoms with van der Waals surface area (Å²) in [6, 6.07) is 16.4. The fourth-order valence-electron chi connectivity index (χ4n) is 3.20. The third-order valence-corrected chi connectivity index (χ3v) is 6.61. The summed E-state index contributed by atoms with van der Waals surface area (Å²) in [7, 11) is -3.28. The van der Waals surface area contributed by atoms with Crippen LogP contribution >= 0.6 is 0 Å². The normalized spacial score (nSPS) is 15.5. The van der Waals surface area contributed by atoms with Gasteiger partial charge in [-0.1, -0.05) is 30.3 Å². The summed E-state index contributed by atoms with van der Waals surface area (Å²) >= 11 is 0. The lowest BCUT2D eigenvalue weighted by Gasteiger charge is -2.28. The van der Waals surface area contributed by atoms with Crippen molar-refractivity contribution in [3.63, 3.8) is 0 Å². The Labute approximate surface area is 171 Å². The monoisotopic (exact) mass is 415 g/mol. The second-order valence-corrected chi connectivity index (χ2v) is 8.95. The van der Waals surface area contributed by atoms with Crippen molar-refractivity contribution < 1.29 is 18.0 Å². The van der Waals surface area contributed by atoms with Crippen LogP contribution in [0.25, 0.3) is 0 Å². The minimum Gasteiger partial charge on any atom is -0.348 e. The van der Waals surface area contributed by atoms with E-state index in [1.165, 1.54) is 9.87 Å². The molecular weight excluding hydrogens is 390 g/mol. The Morgan fingerprint density at radius 3 is 2.34 bits per heavy atom. The molecule has 2 amide bonds. The number of hydrogen-bond acceptors (Lipinski definition) is 4. The minimum atomic E-state index is -3.28. The molecule has 1 aliphatic heterocycles. The fraction of sp³-hybridized carbons (Fsp3) is 0.333. The zero-order valence-corrected chi connectivity index (χ0v) is 17.0. The quantitative estimate of drug-likeness (QED) is 0.559. The molecule has 154 valence electrons. The summed E-state index contributed by atoms with van der Waals surface area (Å²) in [5, 5.41) is 5.14. The van der Waals surface area contributed by atoms with Crippen molar-refractivity contribution in [1.82, 2.24) is 5.32 Å². The summed E-state index contributed by atoms with van der Waals surface area (Å²) in [5.41, 5.74) is 2.18. The van der Waals surface area contributed by atoms with E-state index >= 15 is 0 Å². The van der Waals surface area contributed by atoms with Crippen molar-refractivity contribution in [3.05, 3.63) is 60.2 Å². The Kier molecular flexibility index (Phi) is 6.87. The van der Waals surface area contributed by atoms with E-state index in [-0.39, 0.29) is 5.75 Å². The zero-order chi connectivity index (χ0) is 20.7. The molecular formula is C21H25N3O4S. The van der Waals surface area contributed by atoms with Gasteiger partial charge in [0.25, 0.3) is 0 Å². The molecule has 0 bridgehead atoms. The molecule has 1 aliphatic rings. The van der Waals surface area contributed by atoms with Crippen molar-refractivity contribution >= 4 is 33.2 Å². The molecule has 2 aromatic rings. The number of hydrogen-bond donors (Lipinski definition) is 2. The van der Waals surface area contributed by atoms with Crippen LogP contribution < -0.4 is 14.9 Å². The second kappa shape index (κ2) is 9.56. The van der Waals surface area contributed by atoms with Crippen LogP contribution in [0.4, 0.5) is 11.4 Å². The van der Waals surface area contributed by atoms with Crippen LogP contribution in [-0.2, 0) is 26.0 Å². The van der Waals surface area contributed by atoms with Crippen LogP contribution in [0.3, 0.4) is 0 Å². The van der Waals surface area contributed by atoms with Gasteiger partial charge in [0.05, 0.1) is 11.4 Å². The summed E-state index contributed by atoms with van der Waals surface area (Å²) in [5.74, 6) is -1.29. The predicted octanol–water partition coefficient (Wildman–Crippen LogP) is 2.30. The molecule has 1 heterocycles. The maximum absolute atomic E-state index is 12.2. The highest BCUT2D eigenvalue weighted by Gasteiger charge is 2.25. The van der Waals surface area contributed by atoms with Crippen molar-refractivity contribution in [2.24, 2.45) is 0 Å². The number of carbonyl (C=O) groups is 2. The molecule has 7 nitrogen and oxygen atoms in total. The third kappa shape index (κ3) is 5.80. The van der Waals surface area contributed by atoms with Gasteiger partial charge in [0.15, 0.2) is 0 Å². The molecule has 1 fully saturated rings. The van der Waals surface area contributed by atoms with Crippen LogP contribution in [-0.4, -0.2) is 39.1 Å². The molecule has 3 rings (SSSR count). The van der Waals surface area contributed by atoms with Crippen molar-refractivity contribution in [3.8, 4) is 0 Å². The van der Waals surface area contributed by atoms with Crippen LogP contribution in [0.2, 0.25) is 0 Å². The lowest BCUT2D eigenvalue weighted by molar-refractivity contribution is -0.136. The highest BCUT2D eigenvalue weighted by atomic mass is 32.2. The zero-order valence-electron chi connectivity index (χ0n) is 16.1. The first kappa shape index (κ1) is 20.9. The summed E-state index contributed by atoms with van der Waals surface area (Å²) < 4.78 is 25.7. The predicted molar refractivity (Wildman–Crippen MR) is 113 cm³/mol. The van der Waals surface area contributed by atoms with Gasteiger partial charge in [-0.3, -0.25) is 13.9 Å². The Balaban J connectivity index is 1.46. The average Bonchev–Trinajstić information content (AvgIpc) is 2.72. The molecule has 0 unspecified atom stereocenters. The highest BCUT2D eigenvalue weighted by Crippen LogP contribution is 2.24. The van der Waals surface area contributed by atoms with E-state index in [0.29, 0.717) is 30.9 Å². The first-order chi connectivity index (χ1) is 14.0. The largest absolute Gasteiger partial charge is 0.348 e. The van der Waals surface area contributed by atoms with Crippen LogP contribution in [0.5, 0.6) is 0 Å². The number of aryl methyl sites for hydroxylation is 1. The van der Waals surface area contributed by atoms with Gasteiger partial charge in [0.2, 0.25) is 10.0 Å². The number of carbonyl (C=O) groups excluding carboxylic acids is 2. The van der Waals surface area contributed by atoms with E-state index in [1.807, 2.05) is 30.3 Å². The Bertz CT molecular complexity index is 944. The maximum Gasteiger partial charge on any atom is 0.313 e. The number of benzene rings is 2. The van der Waals surface area contributed by atoms with E-state index in [1.54, 1.807) is 24.3 Å². The molecule has 0 saturated carbocycles.